The molecule has 0 bridgehead atoms. The first-order valence-corrected chi connectivity index (χ1v) is 10.5. The van der Waals surface area contributed by atoms with Crippen LogP contribution in [-0.4, -0.2) is 17.9 Å². The number of nitrogens with zero attached hydrogens (tertiary/aromatic N) is 2. The highest BCUT2D eigenvalue weighted by molar-refractivity contribution is 7.14. The van der Waals surface area contributed by atoms with Gasteiger partial charge in [0.2, 0.25) is 5.91 Å². The van der Waals surface area contributed by atoms with Crippen LogP contribution in [0, 0.1) is 13.8 Å². The van der Waals surface area contributed by atoms with Crippen molar-refractivity contribution in [2.45, 2.75) is 33.9 Å². The van der Waals surface area contributed by atoms with E-state index in [1.807, 2.05) is 36.6 Å². The molecule has 0 spiro atoms. The Morgan fingerprint density at radius 2 is 1.86 bits per heavy atom. The molecule has 1 amide bonds. The molecule has 146 valence electrons. The Kier molecular flexibility index (Phi) is 6.50. The van der Waals surface area contributed by atoms with E-state index in [0.29, 0.717) is 5.13 Å². The van der Waals surface area contributed by atoms with Crippen LogP contribution in [0.1, 0.15) is 29.3 Å². The molecule has 0 saturated carbocycles. The maximum Gasteiger partial charge on any atom is 0.230 e. The highest BCUT2D eigenvalue weighted by Gasteiger charge is 2.20. The van der Waals surface area contributed by atoms with E-state index in [-0.39, 0.29) is 5.91 Å². The van der Waals surface area contributed by atoms with Crippen molar-refractivity contribution in [1.82, 2.24) is 4.98 Å². The summed E-state index contributed by atoms with van der Waals surface area (Å²) in [6.45, 7) is 7.33. The van der Waals surface area contributed by atoms with Crippen LogP contribution < -0.4 is 9.80 Å². The zero-order valence-corrected chi connectivity index (χ0v) is 18.2. The van der Waals surface area contributed by atoms with E-state index in [0.717, 1.165) is 35.1 Å². The van der Waals surface area contributed by atoms with Gasteiger partial charge in [0, 0.05) is 22.9 Å². The van der Waals surface area contributed by atoms with Gasteiger partial charge in [0.05, 0.1) is 12.7 Å². The van der Waals surface area contributed by atoms with Crippen molar-refractivity contribution in [2.24, 2.45) is 0 Å². The number of hydrogen-bond donors (Lipinski definition) is 1. The number of aromatic nitrogens is 1. The van der Waals surface area contributed by atoms with Gasteiger partial charge in [-0.2, -0.15) is 0 Å². The standard InChI is InChI=1S/C22H24ClN3OS/c1-15-5-10-21(16(2)11-15)26(17(3)27)22-24-20(14-28-22)13-25(4)12-18-6-8-19(23)9-7-18/h5-11,14H,12-13H2,1-4H3/p+1. The zero-order chi connectivity index (χ0) is 20.3. The van der Waals surface area contributed by atoms with E-state index < -0.39 is 0 Å². The van der Waals surface area contributed by atoms with Crippen molar-refractivity contribution in [3.8, 4) is 0 Å². The minimum atomic E-state index is -0.0327. The minimum absolute atomic E-state index is 0.0327. The second-order valence-electron chi connectivity index (χ2n) is 7.20. The van der Waals surface area contributed by atoms with Gasteiger partial charge in [-0.05, 0) is 37.6 Å². The van der Waals surface area contributed by atoms with Gasteiger partial charge in [0.15, 0.2) is 5.13 Å². The first kappa shape index (κ1) is 20.5. The summed E-state index contributed by atoms with van der Waals surface area (Å²) >= 11 is 7.47. The van der Waals surface area contributed by atoms with E-state index in [2.05, 4.69) is 32.2 Å². The molecule has 3 rings (SSSR count). The Bertz CT molecular complexity index is 968. The van der Waals surface area contributed by atoms with Crippen LogP contribution in [0.4, 0.5) is 10.8 Å². The molecule has 1 atom stereocenters. The van der Waals surface area contributed by atoms with Crippen molar-refractivity contribution in [3.63, 3.8) is 0 Å². The van der Waals surface area contributed by atoms with E-state index in [1.54, 1.807) is 11.8 Å². The molecule has 0 fully saturated rings. The van der Waals surface area contributed by atoms with Crippen LogP contribution in [-0.2, 0) is 17.9 Å². The van der Waals surface area contributed by atoms with Crippen LogP contribution in [0.2, 0.25) is 5.02 Å². The summed E-state index contributed by atoms with van der Waals surface area (Å²) in [5.74, 6) is -0.0327. The molecule has 0 aliphatic heterocycles. The fourth-order valence-corrected chi connectivity index (χ4v) is 4.27. The number of anilines is 2. The molecular weight excluding hydrogens is 390 g/mol. The molecule has 0 aliphatic carbocycles. The monoisotopic (exact) mass is 414 g/mol. The van der Waals surface area contributed by atoms with Crippen LogP contribution in [0.15, 0.2) is 47.8 Å². The highest BCUT2D eigenvalue weighted by Crippen LogP contribution is 2.31. The Hall–Kier alpha value is -2.21. The first-order valence-electron chi connectivity index (χ1n) is 9.21. The zero-order valence-electron chi connectivity index (χ0n) is 16.6. The molecule has 0 radical (unpaired) electrons. The van der Waals surface area contributed by atoms with Gasteiger partial charge in [-0.1, -0.05) is 41.4 Å². The van der Waals surface area contributed by atoms with Crippen molar-refractivity contribution in [1.29, 1.82) is 0 Å². The summed E-state index contributed by atoms with van der Waals surface area (Å²) in [6.07, 6.45) is 0. The first-order chi connectivity index (χ1) is 13.3. The van der Waals surface area contributed by atoms with Gasteiger partial charge in [0.25, 0.3) is 0 Å². The molecule has 0 saturated heterocycles. The SMILES string of the molecule is CC(=O)N(c1nc(C[NH+](C)Cc2ccc(Cl)cc2)cs1)c1ccc(C)cc1C. The predicted octanol–water partition coefficient (Wildman–Crippen LogP) is 4.31. The Morgan fingerprint density at radius 3 is 2.50 bits per heavy atom. The minimum Gasteiger partial charge on any atom is -0.329 e. The maximum atomic E-state index is 12.4. The molecule has 1 unspecified atom stereocenters. The normalized spacial score (nSPS) is 12.0. The number of quaternary nitrogens is 1. The average molecular weight is 415 g/mol. The lowest BCUT2D eigenvalue weighted by atomic mass is 10.1. The summed E-state index contributed by atoms with van der Waals surface area (Å²) in [6, 6.07) is 14.0. The Morgan fingerprint density at radius 1 is 1.14 bits per heavy atom. The number of benzene rings is 2. The lowest BCUT2D eigenvalue weighted by Crippen LogP contribution is -3.06. The molecule has 3 aromatic rings. The second-order valence-corrected chi connectivity index (χ2v) is 8.48. The maximum absolute atomic E-state index is 12.4. The van der Waals surface area contributed by atoms with Crippen LogP contribution in [0.25, 0.3) is 0 Å². The third-order valence-corrected chi connectivity index (χ3v) is 5.67. The lowest BCUT2D eigenvalue weighted by molar-refractivity contribution is -0.908. The number of rotatable bonds is 6. The molecule has 1 N–H and O–H groups in total. The number of amides is 1. The molecule has 2 aromatic carbocycles. The van der Waals surface area contributed by atoms with Gasteiger partial charge >= 0.3 is 0 Å². The number of aryl methyl sites for hydroxylation is 2. The predicted molar refractivity (Wildman–Crippen MR) is 117 cm³/mol. The fraction of sp³-hybridized carbons (Fsp3) is 0.273. The van der Waals surface area contributed by atoms with Crippen molar-refractivity contribution < 1.29 is 9.69 Å². The van der Waals surface area contributed by atoms with Crippen LogP contribution in [0.5, 0.6) is 0 Å². The molecular formula is C22H25ClN3OS+. The summed E-state index contributed by atoms with van der Waals surface area (Å²) in [7, 11) is 2.14. The third kappa shape index (κ3) is 4.98. The van der Waals surface area contributed by atoms with E-state index in [4.69, 9.17) is 16.6 Å². The molecule has 0 aliphatic rings. The number of thiazole rings is 1. The van der Waals surface area contributed by atoms with Gasteiger partial charge < -0.3 is 4.90 Å². The highest BCUT2D eigenvalue weighted by atomic mass is 35.5. The smallest absolute Gasteiger partial charge is 0.230 e. The summed E-state index contributed by atoms with van der Waals surface area (Å²) in [5, 5.41) is 3.51. The van der Waals surface area contributed by atoms with Gasteiger partial charge in [-0.3, -0.25) is 9.69 Å². The van der Waals surface area contributed by atoms with E-state index in [9.17, 15) is 4.79 Å². The summed E-state index contributed by atoms with van der Waals surface area (Å²) in [5.41, 5.74) is 5.36. The third-order valence-electron chi connectivity index (χ3n) is 4.54. The van der Waals surface area contributed by atoms with E-state index in [1.165, 1.54) is 27.4 Å². The molecule has 1 aromatic heterocycles. The van der Waals surface area contributed by atoms with Crippen LogP contribution in [0.3, 0.4) is 0 Å². The average Bonchev–Trinajstić information content (AvgIpc) is 3.06. The number of carbonyl (C=O) groups excluding carboxylic acids is 1. The fourth-order valence-electron chi connectivity index (χ4n) is 3.27. The number of nitrogens with one attached hydrogen (secondary N) is 1. The number of carbonyl (C=O) groups is 1. The van der Waals surface area contributed by atoms with Crippen molar-refractivity contribution in [3.05, 3.63) is 75.3 Å². The number of hydrogen-bond acceptors (Lipinski definition) is 3. The topological polar surface area (TPSA) is 37.6 Å². The van der Waals surface area contributed by atoms with Crippen molar-refractivity contribution in [2.75, 3.05) is 11.9 Å². The Labute approximate surface area is 175 Å². The Balaban J connectivity index is 1.75. The number of halogens is 1. The lowest BCUT2D eigenvalue weighted by Gasteiger charge is -2.20. The molecule has 6 heteroatoms. The van der Waals surface area contributed by atoms with E-state index >= 15 is 0 Å². The summed E-state index contributed by atoms with van der Waals surface area (Å²) < 4.78 is 0. The quantitative estimate of drug-likeness (QED) is 0.652. The molecule has 1 heterocycles. The second kappa shape index (κ2) is 8.86. The van der Waals surface area contributed by atoms with Gasteiger partial charge in [-0.25, -0.2) is 4.98 Å². The van der Waals surface area contributed by atoms with Crippen molar-refractivity contribution >= 4 is 39.7 Å². The van der Waals surface area contributed by atoms with Gasteiger partial charge in [0.1, 0.15) is 18.8 Å². The largest absolute Gasteiger partial charge is 0.329 e. The molecule has 4 nitrogen and oxygen atoms in total. The summed E-state index contributed by atoms with van der Waals surface area (Å²) in [4.78, 5) is 20.1. The molecule has 28 heavy (non-hydrogen) atoms. The van der Waals surface area contributed by atoms with Gasteiger partial charge in [-0.15, -0.1) is 11.3 Å². The van der Waals surface area contributed by atoms with Crippen LogP contribution >= 0.6 is 22.9 Å².